The van der Waals surface area contributed by atoms with E-state index in [1.165, 1.54) is 0 Å². The van der Waals surface area contributed by atoms with Crippen LogP contribution in [0.5, 0.6) is 5.75 Å². The summed E-state index contributed by atoms with van der Waals surface area (Å²) in [5.41, 5.74) is 2.98. The number of benzene rings is 2. The summed E-state index contributed by atoms with van der Waals surface area (Å²) in [6.45, 7) is 0.436. The molecule has 0 unspecified atom stereocenters. The molecule has 0 bridgehead atoms. The van der Waals surface area contributed by atoms with Crippen LogP contribution in [0, 0.1) is 17.6 Å². The highest BCUT2D eigenvalue weighted by Crippen LogP contribution is 2.33. The number of nitrogens with one attached hydrogen (secondary N) is 1. The summed E-state index contributed by atoms with van der Waals surface area (Å²) < 4.78 is 30.8. The van der Waals surface area contributed by atoms with Crippen LogP contribution in [0.25, 0.3) is 22.0 Å². The van der Waals surface area contributed by atoms with Crippen molar-refractivity contribution in [3.05, 3.63) is 66.1 Å². The van der Waals surface area contributed by atoms with E-state index < -0.39 is 23.3 Å². The fraction of sp³-hybridized carbons (Fsp3) is 0.320. The van der Waals surface area contributed by atoms with E-state index in [1.807, 2.05) is 25.5 Å². The van der Waals surface area contributed by atoms with Crippen molar-refractivity contribution in [2.75, 3.05) is 6.54 Å². The van der Waals surface area contributed by atoms with Crippen molar-refractivity contribution in [2.24, 2.45) is 13.0 Å². The number of fused-ring (bicyclic) bond motifs is 1. The van der Waals surface area contributed by atoms with Gasteiger partial charge in [0.15, 0.2) is 17.4 Å². The molecule has 1 aliphatic rings. The zero-order valence-corrected chi connectivity index (χ0v) is 18.7. The lowest BCUT2D eigenvalue weighted by molar-refractivity contribution is 0.0940. The minimum absolute atomic E-state index is 0.143. The lowest BCUT2D eigenvalue weighted by Gasteiger charge is -2.28. The summed E-state index contributed by atoms with van der Waals surface area (Å²) in [6.07, 6.45) is 9.64. The van der Waals surface area contributed by atoms with Gasteiger partial charge in [-0.3, -0.25) is 14.2 Å². The Balaban J connectivity index is 1.18. The Hall–Kier alpha value is -3.75. The molecule has 2 N–H and O–H groups in total. The standard InChI is InChI=1S/C25H25F2N5O2/c1-31-13-19(12-29-31)16-4-7-23-18(8-16)14-32(30-23)20-5-2-15(3-6-20)11-28-25(34)17-9-21(26)24(33)22(27)10-17/h4,7-10,12-15,20,33H,2-3,5-6,11H2,1H3,(H,28,34)/t15-,20-. The van der Waals surface area contributed by atoms with Gasteiger partial charge in [-0.15, -0.1) is 0 Å². The molecule has 34 heavy (non-hydrogen) atoms. The quantitative estimate of drug-likeness (QED) is 0.452. The summed E-state index contributed by atoms with van der Waals surface area (Å²) in [6, 6.07) is 8.19. The SMILES string of the molecule is Cn1cc(-c2ccc3nn([C@H]4CC[C@H](CNC(=O)c5cc(F)c(O)c(F)c5)CC4)cc3c2)cn1. The van der Waals surface area contributed by atoms with Gasteiger partial charge < -0.3 is 10.4 Å². The molecule has 7 nitrogen and oxygen atoms in total. The van der Waals surface area contributed by atoms with Crippen molar-refractivity contribution in [1.82, 2.24) is 24.9 Å². The van der Waals surface area contributed by atoms with Gasteiger partial charge in [0, 0.05) is 42.5 Å². The number of carbonyl (C=O) groups is 1. The summed E-state index contributed by atoms with van der Waals surface area (Å²) in [5, 5.41) is 22.0. The van der Waals surface area contributed by atoms with Crippen LogP contribution in [0.1, 0.15) is 42.1 Å². The fourth-order valence-corrected chi connectivity index (χ4v) is 4.63. The highest BCUT2D eigenvalue weighted by Gasteiger charge is 2.24. The Bertz CT molecular complexity index is 1330. The van der Waals surface area contributed by atoms with Crippen LogP contribution in [-0.4, -0.2) is 37.1 Å². The van der Waals surface area contributed by atoms with Crippen molar-refractivity contribution < 1.29 is 18.7 Å². The number of aryl methyl sites for hydroxylation is 1. The van der Waals surface area contributed by atoms with E-state index >= 15 is 0 Å². The van der Waals surface area contributed by atoms with Crippen molar-refractivity contribution >= 4 is 16.8 Å². The third-order valence-corrected chi connectivity index (χ3v) is 6.58. The maximum atomic E-state index is 13.5. The van der Waals surface area contributed by atoms with Crippen LogP contribution in [-0.2, 0) is 7.05 Å². The molecule has 0 radical (unpaired) electrons. The topological polar surface area (TPSA) is 85.0 Å². The molecule has 0 aliphatic heterocycles. The summed E-state index contributed by atoms with van der Waals surface area (Å²) in [4.78, 5) is 12.3. The Morgan fingerprint density at radius 2 is 1.82 bits per heavy atom. The number of phenolic OH excluding ortho intramolecular Hbond substituents is 1. The number of rotatable bonds is 5. The van der Waals surface area contributed by atoms with Gasteiger partial charge in [0.2, 0.25) is 0 Å². The van der Waals surface area contributed by atoms with E-state index in [-0.39, 0.29) is 11.5 Å². The molecule has 176 valence electrons. The number of halogens is 2. The van der Waals surface area contributed by atoms with E-state index in [0.29, 0.717) is 12.6 Å². The molecule has 9 heteroatoms. The van der Waals surface area contributed by atoms with Gasteiger partial charge in [-0.05, 0) is 61.4 Å². The van der Waals surface area contributed by atoms with Crippen LogP contribution >= 0.6 is 0 Å². The summed E-state index contributed by atoms with van der Waals surface area (Å²) >= 11 is 0. The minimum Gasteiger partial charge on any atom is -0.503 e. The van der Waals surface area contributed by atoms with Gasteiger partial charge in [-0.25, -0.2) is 8.78 Å². The molecule has 4 aromatic rings. The molecule has 1 aliphatic carbocycles. The number of amides is 1. The average Bonchev–Trinajstić information content (AvgIpc) is 3.46. The van der Waals surface area contributed by atoms with Gasteiger partial charge >= 0.3 is 0 Å². The number of aromatic hydroxyl groups is 1. The first-order valence-corrected chi connectivity index (χ1v) is 11.3. The van der Waals surface area contributed by atoms with Crippen LogP contribution in [0.2, 0.25) is 0 Å². The number of hydrogen-bond donors (Lipinski definition) is 2. The van der Waals surface area contributed by atoms with Crippen molar-refractivity contribution in [3.8, 4) is 16.9 Å². The van der Waals surface area contributed by atoms with E-state index in [9.17, 15) is 18.7 Å². The second-order valence-corrected chi connectivity index (χ2v) is 8.96. The van der Waals surface area contributed by atoms with Crippen LogP contribution < -0.4 is 5.32 Å². The molecule has 5 rings (SSSR count). The first-order chi connectivity index (χ1) is 16.4. The third-order valence-electron chi connectivity index (χ3n) is 6.58. The number of nitrogens with zero attached hydrogens (tertiary/aromatic N) is 4. The van der Waals surface area contributed by atoms with Gasteiger partial charge in [-0.1, -0.05) is 6.07 Å². The Kier molecular flexibility index (Phi) is 5.77. The van der Waals surface area contributed by atoms with Crippen LogP contribution in [0.3, 0.4) is 0 Å². The zero-order valence-electron chi connectivity index (χ0n) is 18.7. The molecule has 1 amide bonds. The maximum Gasteiger partial charge on any atom is 0.251 e. The first kappa shape index (κ1) is 22.1. The molecule has 0 saturated heterocycles. The Labute approximate surface area is 195 Å². The fourth-order valence-electron chi connectivity index (χ4n) is 4.63. The van der Waals surface area contributed by atoms with Gasteiger partial charge in [-0.2, -0.15) is 10.2 Å². The largest absolute Gasteiger partial charge is 0.503 e. The molecule has 0 spiro atoms. The predicted molar refractivity (Wildman–Crippen MR) is 123 cm³/mol. The highest BCUT2D eigenvalue weighted by atomic mass is 19.1. The number of phenols is 1. The van der Waals surface area contributed by atoms with Crippen LogP contribution in [0.4, 0.5) is 8.78 Å². The number of hydrogen-bond acceptors (Lipinski definition) is 4. The molecular weight excluding hydrogens is 440 g/mol. The lowest BCUT2D eigenvalue weighted by atomic mass is 9.86. The molecule has 0 atom stereocenters. The Morgan fingerprint density at radius 1 is 1.09 bits per heavy atom. The normalized spacial score (nSPS) is 18.3. The van der Waals surface area contributed by atoms with Crippen molar-refractivity contribution in [1.29, 1.82) is 0 Å². The molecule has 2 heterocycles. The molecular formula is C25H25F2N5O2. The summed E-state index contributed by atoms with van der Waals surface area (Å²) in [5.74, 6) is -3.64. The predicted octanol–water partition coefficient (Wildman–Crippen LogP) is 4.58. The Morgan fingerprint density at radius 3 is 2.50 bits per heavy atom. The van der Waals surface area contributed by atoms with Crippen molar-refractivity contribution in [2.45, 2.75) is 31.7 Å². The highest BCUT2D eigenvalue weighted by molar-refractivity contribution is 5.94. The second-order valence-electron chi connectivity index (χ2n) is 8.96. The lowest BCUT2D eigenvalue weighted by Crippen LogP contribution is -2.31. The van der Waals surface area contributed by atoms with Crippen LogP contribution in [0.15, 0.2) is 48.9 Å². The maximum absolute atomic E-state index is 13.5. The van der Waals surface area contributed by atoms with E-state index in [0.717, 1.165) is 59.8 Å². The minimum atomic E-state index is -1.15. The van der Waals surface area contributed by atoms with Gasteiger partial charge in [0.25, 0.3) is 5.91 Å². The molecule has 1 fully saturated rings. The van der Waals surface area contributed by atoms with E-state index in [4.69, 9.17) is 5.10 Å². The van der Waals surface area contributed by atoms with Gasteiger partial charge in [0.05, 0.1) is 17.8 Å². The smallest absolute Gasteiger partial charge is 0.251 e. The molecule has 2 aromatic carbocycles. The van der Waals surface area contributed by atoms with E-state index in [1.54, 1.807) is 4.68 Å². The molecule has 1 saturated carbocycles. The van der Waals surface area contributed by atoms with E-state index in [2.05, 4.69) is 33.4 Å². The average molecular weight is 466 g/mol. The zero-order chi connectivity index (χ0) is 23.8. The van der Waals surface area contributed by atoms with Crippen molar-refractivity contribution in [3.63, 3.8) is 0 Å². The number of carbonyl (C=O) groups excluding carboxylic acids is 1. The molecule has 2 aromatic heterocycles. The van der Waals surface area contributed by atoms with Gasteiger partial charge in [0.1, 0.15) is 0 Å². The third kappa shape index (κ3) is 4.37. The summed E-state index contributed by atoms with van der Waals surface area (Å²) in [7, 11) is 1.90. The monoisotopic (exact) mass is 465 g/mol. The second kappa shape index (κ2) is 8.89. The first-order valence-electron chi connectivity index (χ1n) is 11.3. The number of aromatic nitrogens is 4.